The van der Waals surface area contributed by atoms with Crippen molar-refractivity contribution in [1.82, 2.24) is 15.3 Å². The first-order valence-corrected chi connectivity index (χ1v) is 10.3. The van der Waals surface area contributed by atoms with Crippen LogP contribution in [0.2, 0.25) is 0 Å². The number of pyridine rings is 2. The summed E-state index contributed by atoms with van der Waals surface area (Å²) in [6.45, 7) is 1.42. The van der Waals surface area contributed by atoms with Crippen LogP contribution in [0, 0.1) is 6.92 Å². The number of hydrogen-bond donors (Lipinski definition) is 1. The fraction of sp³-hybridized carbons (Fsp3) is 0.211. The van der Waals surface area contributed by atoms with Gasteiger partial charge in [0.1, 0.15) is 0 Å². The van der Waals surface area contributed by atoms with Crippen LogP contribution in [0.15, 0.2) is 47.5 Å². The molecule has 0 fully saturated rings. The molecule has 0 aliphatic rings. The molecular weight excluding hydrogens is 407 g/mol. The van der Waals surface area contributed by atoms with E-state index in [2.05, 4.69) is 15.3 Å². The van der Waals surface area contributed by atoms with Crippen LogP contribution in [0.25, 0.3) is 11.0 Å². The zero-order chi connectivity index (χ0) is 21.4. The molecular formula is C19H16F3N3O3S. The molecule has 1 aromatic carbocycles. The first-order valence-electron chi connectivity index (χ1n) is 8.37. The summed E-state index contributed by atoms with van der Waals surface area (Å²) >= 11 is 0. The standard InChI is InChI=1S/C19H16F3N3O3S/c1-11-14(9-13-4-3-7-23-17(13)25-11)18(26)24-10-12-5-6-16(29(2,27)28)15(8-12)19(20,21)22/h3-9H,10H2,1-2H3,(H,24,26). The molecule has 2 heterocycles. The van der Waals surface area contributed by atoms with Crippen molar-refractivity contribution >= 4 is 26.8 Å². The summed E-state index contributed by atoms with van der Waals surface area (Å²) in [4.78, 5) is 20.0. The lowest BCUT2D eigenvalue weighted by molar-refractivity contribution is -0.139. The van der Waals surface area contributed by atoms with Crippen molar-refractivity contribution < 1.29 is 26.4 Å². The van der Waals surface area contributed by atoms with Gasteiger partial charge in [-0.1, -0.05) is 6.07 Å². The molecule has 0 saturated carbocycles. The van der Waals surface area contributed by atoms with Gasteiger partial charge in [0.2, 0.25) is 0 Å². The molecule has 0 bridgehead atoms. The molecule has 0 spiro atoms. The number of rotatable bonds is 4. The van der Waals surface area contributed by atoms with Gasteiger partial charge in [0.15, 0.2) is 15.5 Å². The Balaban J connectivity index is 1.86. The smallest absolute Gasteiger partial charge is 0.348 e. The van der Waals surface area contributed by atoms with Gasteiger partial charge in [0.05, 0.1) is 21.7 Å². The molecule has 1 amide bonds. The van der Waals surface area contributed by atoms with E-state index in [9.17, 15) is 26.4 Å². The molecule has 2 aromatic heterocycles. The van der Waals surface area contributed by atoms with E-state index < -0.39 is 32.4 Å². The molecule has 0 atom stereocenters. The van der Waals surface area contributed by atoms with Crippen LogP contribution in [-0.2, 0) is 22.6 Å². The SMILES string of the molecule is Cc1nc2ncccc2cc1C(=O)NCc1ccc(S(C)(=O)=O)c(C(F)(F)F)c1. The number of hydrogen-bond acceptors (Lipinski definition) is 5. The molecule has 0 radical (unpaired) electrons. The highest BCUT2D eigenvalue weighted by molar-refractivity contribution is 7.90. The number of halogens is 3. The van der Waals surface area contributed by atoms with E-state index in [0.717, 1.165) is 12.1 Å². The molecule has 0 unspecified atom stereocenters. The highest BCUT2D eigenvalue weighted by Gasteiger charge is 2.36. The largest absolute Gasteiger partial charge is 0.417 e. The van der Waals surface area contributed by atoms with Crippen molar-refractivity contribution in [3.05, 3.63) is 65.0 Å². The Morgan fingerprint density at radius 3 is 2.55 bits per heavy atom. The average Bonchev–Trinajstić information content (AvgIpc) is 2.64. The van der Waals surface area contributed by atoms with Gasteiger partial charge in [-0.2, -0.15) is 13.2 Å². The molecule has 152 valence electrons. The number of alkyl halides is 3. The van der Waals surface area contributed by atoms with Crippen LogP contribution < -0.4 is 5.32 Å². The first kappa shape index (κ1) is 20.7. The molecule has 0 saturated heterocycles. The average molecular weight is 423 g/mol. The first-order chi connectivity index (χ1) is 13.5. The van der Waals surface area contributed by atoms with Crippen molar-refractivity contribution in [2.75, 3.05) is 6.26 Å². The highest BCUT2D eigenvalue weighted by Crippen LogP contribution is 2.34. The maximum absolute atomic E-state index is 13.3. The number of benzene rings is 1. The van der Waals surface area contributed by atoms with Gasteiger partial charge < -0.3 is 5.32 Å². The number of carbonyl (C=O) groups is 1. The summed E-state index contributed by atoms with van der Waals surface area (Å²) in [5.74, 6) is -0.512. The number of carbonyl (C=O) groups excluding carboxylic acids is 1. The van der Waals surface area contributed by atoms with E-state index in [1.165, 1.54) is 6.07 Å². The van der Waals surface area contributed by atoms with Gasteiger partial charge in [-0.15, -0.1) is 0 Å². The quantitative estimate of drug-likeness (QED) is 0.696. The molecule has 0 aliphatic carbocycles. The second kappa shape index (κ2) is 7.43. The van der Waals surface area contributed by atoms with E-state index in [4.69, 9.17) is 0 Å². The van der Waals surface area contributed by atoms with Crippen LogP contribution in [0.3, 0.4) is 0 Å². The minimum Gasteiger partial charge on any atom is -0.348 e. The number of nitrogens with one attached hydrogen (secondary N) is 1. The van der Waals surface area contributed by atoms with E-state index >= 15 is 0 Å². The number of aromatic nitrogens is 2. The van der Waals surface area contributed by atoms with E-state index in [-0.39, 0.29) is 17.7 Å². The van der Waals surface area contributed by atoms with Gasteiger partial charge in [-0.25, -0.2) is 18.4 Å². The Morgan fingerprint density at radius 2 is 1.90 bits per heavy atom. The molecule has 10 heteroatoms. The monoisotopic (exact) mass is 423 g/mol. The van der Waals surface area contributed by atoms with Gasteiger partial charge in [0.25, 0.3) is 5.91 Å². The minimum atomic E-state index is -4.84. The molecule has 3 rings (SSSR count). The third kappa shape index (κ3) is 4.53. The Morgan fingerprint density at radius 1 is 1.17 bits per heavy atom. The summed E-state index contributed by atoms with van der Waals surface area (Å²) in [6, 6.07) is 7.91. The summed E-state index contributed by atoms with van der Waals surface area (Å²) in [7, 11) is -4.06. The van der Waals surface area contributed by atoms with Gasteiger partial charge in [-0.05, 0) is 42.8 Å². The normalized spacial score (nSPS) is 12.2. The van der Waals surface area contributed by atoms with Crippen LogP contribution in [0.5, 0.6) is 0 Å². The Hall–Kier alpha value is -3.01. The van der Waals surface area contributed by atoms with Crippen LogP contribution in [0.4, 0.5) is 13.2 Å². The number of amides is 1. The van der Waals surface area contributed by atoms with Crippen molar-refractivity contribution in [2.24, 2.45) is 0 Å². The zero-order valence-electron chi connectivity index (χ0n) is 15.4. The van der Waals surface area contributed by atoms with Crippen molar-refractivity contribution in [3.63, 3.8) is 0 Å². The predicted octanol–water partition coefficient (Wildman–Crippen LogP) is 3.29. The molecule has 6 nitrogen and oxygen atoms in total. The van der Waals surface area contributed by atoms with E-state index in [1.54, 1.807) is 31.3 Å². The number of aryl methyl sites for hydroxylation is 1. The maximum atomic E-state index is 13.3. The lowest BCUT2D eigenvalue weighted by Crippen LogP contribution is -2.24. The van der Waals surface area contributed by atoms with Gasteiger partial charge >= 0.3 is 6.18 Å². The third-order valence-electron chi connectivity index (χ3n) is 4.23. The minimum absolute atomic E-state index is 0.117. The summed E-state index contributed by atoms with van der Waals surface area (Å²) in [5.41, 5.74) is 0.0339. The van der Waals surface area contributed by atoms with Crippen molar-refractivity contribution in [3.8, 4) is 0 Å². The fourth-order valence-corrected chi connectivity index (χ4v) is 3.72. The van der Waals surface area contributed by atoms with Crippen LogP contribution >= 0.6 is 0 Å². The highest BCUT2D eigenvalue weighted by atomic mass is 32.2. The van der Waals surface area contributed by atoms with E-state index in [1.807, 2.05) is 0 Å². The lowest BCUT2D eigenvalue weighted by atomic mass is 10.1. The Kier molecular flexibility index (Phi) is 5.31. The van der Waals surface area contributed by atoms with Crippen LogP contribution in [0.1, 0.15) is 27.2 Å². The molecule has 29 heavy (non-hydrogen) atoms. The maximum Gasteiger partial charge on any atom is 0.417 e. The predicted molar refractivity (Wildman–Crippen MR) is 100.0 cm³/mol. The zero-order valence-corrected chi connectivity index (χ0v) is 16.2. The van der Waals surface area contributed by atoms with Gasteiger partial charge in [0, 0.05) is 24.4 Å². The number of nitrogens with zero attached hydrogens (tertiary/aromatic N) is 2. The second-order valence-corrected chi connectivity index (χ2v) is 8.44. The third-order valence-corrected chi connectivity index (χ3v) is 5.38. The van der Waals surface area contributed by atoms with Crippen LogP contribution in [-0.4, -0.2) is 30.5 Å². The summed E-state index contributed by atoms with van der Waals surface area (Å²) in [5, 5.41) is 3.19. The fourth-order valence-electron chi connectivity index (χ4n) is 2.83. The Bertz CT molecular complexity index is 1210. The summed E-state index contributed by atoms with van der Waals surface area (Å²) in [6.07, 6.45) is -2.55. The van der Waals surface area contributed by atoms with Crippen molar-refractivity contribution in [2.45, 2.75) is 24.5 Å². The molecule has 3 aromatic rings. The molecule has 0 aliphatic heterocycles. The summed E-state index contributed by atoms with van der Waals surface area (Å²) < 4.78 is 63.0. The second-order valence-electron chi connectivity index (χ2n) is 6.45. The van der Waals surface area contributed by atoms with E-state index in [0.29, 0.717) is 23.0 Å². The van der Waals surface area contributed by atoms with Gasteiger partial charge in [-0.3, -0.25) is 4.79 Å². The van der Waals surface area contributed by atoms with Crippen molar-refractivity contribution in [1.29, 1.82) is 0 Å². The topological polar surface area (TPSA) is 89.0 Å². The Labute approximate surface area is 164 Å². The molecule has 1 N–H and O–H groups in total. The number of sulfone groups is 1. The number of fused-ring (bicyclic) bond motifs is 1. The lowest BCUT2D eigenvalue weighted by Gasteiger charge is -2.14.